The standard InChI is InChI=1S/C18H21F3N2O2/c1-3-5-6-12(4-2)16(24)15(11-22)17(25)23-14-9-7-13(8-10-14)18(19,20)21/h7-10,12,24H,3-6H2,1-2H3,(H,23,25). The molecule has 0 saturated carbocycles. The first-order valence-corrected chi connectivity index (χ1v) is 8.06. The van der Waals surface area contributed by atoms with E-state index in [-0.39, 0.29) is 17.4 Å². The first-order chi connectivity index (χ1) is 11.7. The number of nitriles is 1. The number of rotatable bonds is 7. The highest BCUT2D eigenvalue weighted by Gasteiger charge is 2.30. The molecule has 1 aromatic rings. The number of alkyl halides is 3. The van der Waals surface area contributed by atoms with Gasteiger partial charge < -0.3 is 10.4 Å². The number of benzene rings is 1. The molecule has 0 heterocycles. The fourth-order valence-electron chi connectivity index (χ4n) is 2.35. The minimum Gasteiger partial charge on any atom is -0.510 e. The van der Waals surface area contributed by atoms with E-state index in [1.54, 1.807) is 6.07 Å². The average molecular weight is 354 g/mol. The Bertz CT molecular complexity index is 658. The summed E-state index contributed by atoms with van der Waals surface area (Å²) in [5.74, 6) is -1.41. The lowest BCUT2D eigenvalue weighted by atomic mass is 9.94. The summed E-state index contributed by atoms with van der Waals surface area (Å²) in [6, 6.07) is 5.55. The molecule has 0 aliphatic rings. The van der Waals surface area contributed by atoms with Crippen molar-refractivity contribution >= 4 is 11.6 Å². The number of nitrogens with one attached hydrogen (secondary N) is 1. The third kappa shape index (κ3) is 5.82. The van der Waals surface area contributed by atoms with Gasteiger partial charge in [0.25, 0.3) is 5.91 Å². The lowest BCUT2D eigenvalue weighted by molar-refractivity contribution is -0.137. The van der Waals surface area contributed by atoms with Crippen molar-refractivity contribution in [3.63, 3.8) is 0 Å². The van der Waals surface area contributed by atoms with Crippen LogP contribution in [0, 0.1) is 17.2 Å². The molecule has 0 saturated heterocycles. The van der Waals surface area contributed by atoms with Gasteiger partial charge in [0.1, 0.15) is 11.8 Å². The van der Waals surface area contributed by atoms with E-state index in [1.807, 2.05) is 13.8 Å². The second kappa shape index (κ2) is 9.11. The van der Waals surface area contributed by atoms with E-state index in [0.717, 1.165) is 37.1 Å². The Morgan fingerprint density at radius 3 is 2.32 bits per heavy atom. The van der Waals surface area contributed by atoms with Crippen LogP contribution >= 0.6 is 0 Å². The monoisotopic (exact) mass is 354 g/mol. The molecule has 136 valence electrons. The van der Waals surface area contributed by atoms with Gasteiger partial charge in [0.05, 0.1) is 5.56 Å². The summed E-state index contributed by atoms with van der Waals surface area (Å²) in [7, 11) is 0. The van der Waals surface area contributed by atoms with E-state index < -0.39 is 23.2 Å². The molecule has 0 aromatic heterocycles. The van der Waals surface area contributed by atoms with Crippen LogP contribution in [-0.4, -0.2) is 11.0 Å². The maximum absolute atomic E-state index is 12.5. The number of aliphatic hydroxyl groups is 1. The number of aliphatic hydroxyl groups excluding tert-OH is 1. The Kier molecular flexibility index (Phi) is 7.49. The highest BCUT2D eigenvalue weighted by molar-refractivity contribution is 6.06. The van der Waals surface area contributed by atoms with Gasteiger partial charge in [-0.15, -0.1) is 0 Å². The summed E-state index contributed by atoms with van der Waals surface area (Å²) >= 11 is 0. The van der Waals surface area contributed by atoms with Crippen LogP contribution in [0.5, 0.6) is 0 Å². The summed E-state index contributed by atoms with van der Waals surface area (Å²) in [5.41, 5.74) is -1.14. The maximum Gasteiger partial charge on any atom is 0.416 e. The molecule has 1 rings (SSSR count). The highest BCUT2D eigenvalue weighted by Crippen LogP contribution is 2.30. The van der Waals surface area contributed by atoms with Gasteiger partial charge in [-0.25, -0.2) is 0 Å². The van der Waals surface area contributed by atoms with Gasteiger partial charge >= 0.3 is 6.18 Å². The number of carbonyl (C=O) groups excluding carboxylic acids is 1. The van der Waals surface area contributed by atoms with E-state index in [1.165, 1.54) is 0 Å². The lowest BCUT2D eigenvalue weighted by Crippen LogP contribution is -2.18. The van der Waals surface area contributed by atoms with Crippen LogP contribution < -0.4 is 5.32 Å². The fraction of sp³-hybridized carbons (Fsp3) is 0.444. The molecule has 0 radical (unpaired) electrons. The van der Waals surface area contributed by atoms with Crippen molar-refractivity contribution in [1.29, 1.82) is 5.26 Å². The molecule has 0 spiro atoms. The van der Waals surface area contributed by atoms with E-state index >= 15 is 0 Å². The zero-order valence-electron chi connectivity index (χ0n) is 14.2. The molecular formula is C18H21F3N2O2. The third-order valence-corrected chi connectivity index (χ3v) is 3.85. The van der Waals surface area contributed by atoms with Crippen LogP contribution in [0.1, 0.15) is 45.1 Å². The first kappa shape index (κ1) is 20.6. The highest BCUT2D eigenvalue weighted by atomic mass is 19.4. The van der Waals surface area contributed by atoms with Crippen molar-refractivity contribution in [2.45, 2.75) is 45.7 Å². The molecule has 0 fully saturated rings. The lowest BCUT2D eigenvalue weighted by Gasteiger charge is -2.15. The summed E-state index contributed by atoms with van der Waals surface area (Å²) in [4.78, 5) is 12.2. The van der Waals surface area contributed by atoms with Gasteiger partial charge in [-0.3, -0.25) is 4.79 Å². The van der Waals surface area contributed by atoms with E-state index in [2.05, 4.69) is 5.32 Å². The van der Waals surface area contributed by atoms with Crippen molar-refractivity contribution in [3.8, 4) is 6.07 Å². The maximum atomic E-state index is 12.5. The first-order valence-electron chi connectivity index (χ1n) is 8.06. The van der Waals surface area contributed by atoms with Gasteiger partial charge in [0.2, 0.25) is 0 Å². The Labute approximate surface area is 145 Å². The second-order valence-electron chi connectivity index (χ2n) is 5.65. The van der Waals surface area contributed by atoms with Crippen LogP contribution in [0.3, 0.4) is 0 Å². The smallest absolute Gasteiger partial charge is 0.416 e. The zero-order chi connectivity index (χ0) is 19.0. The number of anilines is 1. The van der Waals surface area contributed by atoms with Gasteiger partial charge in [0.15, 0.2) is 5.57 Å². The molecule has 1 atom stereocenters. The predicted octanol–water partition coefficient (Wildman–Crippen LogP) is 5.20. The molecule has 1 amide bonds. The summed E-state index contributed by atoms with van der Waals surface area (Å²) in [5, 5.41) is 21.8. The molecule has 25 heavy (non-hydrogen) atoms. The van der Waals surface area contributed by atoms with Crippen molar-refractivity contribution in [2.75, 3.05) is 5.32 Å². The molecular weight excluding hydrogens is 333 g/mol. The van der Waals surface area contributed by atoms with Crippen molar-refractivity contribution < 1.29 is 23.1 Å². The summed E-state index contributed by atoms with van der Waals surface area (Å²) in [6.07, 6.45) is -1.47. The molecule has 0 aliphatic heterocycles. The van der Waals surface area contributed by atoms with Crippen molar-refractivity contribution in [3.05, 3.63) is 41.2 Å². The number of unbranched alkanes of at least 4 members (excludes halogenated alkanes) is 1. The Hall–Kier alpha value is -2.49. The summed E-state index contributed by atoms with van der Waals surface area (Å²) in [6.45, 7) is 3.84. The number of halogens is 3. The largest absolute Gasteiger partial charge is 0.510 e. The number of nitrogens with zero attached hydrogens (tertiary/aromatic N) is 1. The predicted molar refractivity (Wildman–Crippen MR) is 88.6 cm³/mol. The van der Waals surface area contributed by atoms with E-state index in [0.29, 0.717) is 12.8 Å². The number of allylic oxidation sites excluding steroid dienone is 1. The molecule has 1 unspecified atom stereocenters. The topological polar surface area (TPSA) is 73.1 Å². The van der Waals surface area contributed by atoms with Crippen LogP contribution in [0.2, 0.25) is 0 Å². The molecule has 4 nitrogen and oxygen atoms in total. The third-order valence-electron chi connectivity index (χ3n) is 3.85. The summed E-state index contributed by atoms with van der Waals surface area (Å²) < 4.78 is 37.6. The number of hydrogen-bond acceptors (Lipinski definition) is 3. The van der Waals surface area contributed by atoms with Gasteiger partial charge in [-0.2, -0.15) is 18.4 Å². The fourth-order valence-corrected chi connectivity index (χ4v) is 2.35. The van der Waals surface area contributed by atoms with Gasteiger partial charge in [0, 0.05) is 11.6 Å². The van der Waals surface area contributed by atoms with E-state index in [4.69, 9.17) is 0 Å². The normalized spacial score (nSPS) is 13.6. The SMILES string of the molecule is CCCCC(CC)C(O)=C(C#N)C(=O)Nc1ccc(C(F)(F)F)cc1. The number of carbonyl (C=O) groups is 1. The molecule has 2 N–H and O–H groups in total. The number of amides is 1. The van der Waals surface area contributed by atoms with Crippen molar-refractivity contribution in [2.24, 2.45) is 5.92 Å². The Morgan fingerprint density at radius 2 is 1.88 bits per heavy atom. The van der Waals surface area contributed by atoms with E-state index in [9.17, 15) is 28.3 Å². The zero-order valence-corrected chi connectivity index (χ0v) is 14.2. The Balaban J connectivity index is 2.95. The van der Waals surface area contributed by atoms with Crippen LogP contribution in [0.15, 0.2) is 35.6 Å². The van der Waals surface area contributed by atoms with Crippen LogP contribution in [0.4, 0.5) is 18.9 Å². The minimum atomic E-state index is -4.47. The van der Waals surface area contributed by atoms with Gasteiger partial charge in [-0.05, 0) is 37.1 Å². The second-order valence-corrected chi connectivity index (χ2v) is 5.65. The molecule has 0 aliphatic carbocycles. The van der Waals surface area contributed by atoms with Crippen LogP contribution in [0.25, 0.3) is 0 Å². The van der Waals surface area contributed by atoms with Crippen molar-refractivity contribution in [1.82, 2.24) is 0 Å². The molecule has 0 bridgehead atoms. The molecule has 1 aromatic carbocycles. The Morgan fingerprint density at radius 1 is 1.28 bits per heavy atom. The van der Waals surface area contributed by atoms with Crippen LogP contribution in [-0.2, 0) is 11.0 Å². The quantitative estimate of drug-likeness (QED) is 0.402. The average Bonchev–Trinajstić information content (AvgIpc) is 2.56. The number of hydrogen-bond donors (Lipinski definition) is 2. The minimum absolute atomic E-state index is 0.111. The molecule has 7 heteroatoms. The van der Waals surface area contributed by atoms with Gasteiger partial charge in [-0.1, -0.05) is 26.7 Å².